The Labute approximate surface area is 127 Å². The van der Waals surface area contributed by atoms with Gasteiger partial charge in [0.05, 0.1) is 5.25 Å². The topological polar surface area (TPSA) is 54.9 Å². The van der Waals surface area contributed by atoms with E-state index in [1.54, 1.807) is 0 Å². The van der Waals surface area contributed by atoms with Crippen LogP contribution in [0.4, 0.5) is 5.69 Å². The van der Waals surface area contributed by atoms with Crippen molar-refractivity contribution < 1.29 is 4.79 Å². The summed E-state index contributed by atoms with van der Waals surface area (Å²) < 4.78 is 0.825. The van der Waals surface area contributed by atoms with E-state index in [2.05, 4.69) is 15.5 Å². The first-order valence-corrected chi connectivity index (χ1v) is 8.00. The number of thioether (sulfide) groups is 1. The number of nitrogens with zero attached hydrogens (tertiary/aromatic N) is 2. The van der Waals surface area contributed by atoms with E-state index in [1.165, 1.54) is 23.1 Å². The van der Waals surface area contributed by atoms with Gasteiger partial charge in [0, 0.05) is 5.69 Å². The van der Waals surface area contributed by atoms with Crippen molar-refractivity contribution in [2.24, 2.45) is 0 Å². The van der Waals surface area contributed by atoms with Crippen LogP contribution in [0.5, 0.6) is 0 Å². The van der Waals surface area contributed by atoms with Gasteiger partial charge in [-0.2, -0.15) is 0 Å². The van der Waals surface area contributed by atoms with Gasteiger partial charge < -0.3 is 5.32 Å². The van der Waals surface area contributed by atoms with E-state index in [-0.39, 0.29) is 11.2 Å². The Balaban J connectivity index is 2.02. The molecule has 1 aromatic carbocycles. The SMILES string of the molecule is Cc1ccc(C)c(NC(=O)[C@@H](C)Sc2nnc(C)s2)c1. The van der Waals surface area contributed by atoms with Crippen molar-refractivity contribution in [3.05, 3.63) is 34.3 Å². The van der Waals surface area contributed by atoms with Crippen molar-refractivity contribution in [1.82, 2.24) is 10.2 Å². The normalized spacial score (nSPS) is 12.2. The average Bonchev–Trinajstić information content (AvgIpc) is 2.79. The van der Waals surface area contributed by atoms with Crippen molar-refractivity contribution in [1.29, 1.82) is 0 Å². The number of rotatable bonds is 4. The van der Waals surface area contributed by atoms with E-state index in [1.807, 2.05) is 45.9 Å². The van der Waals surface area contributed by atoms with Crippen LogP contribution in [0.1, 0.15) is 23.1 Å². The van der Waals surface area contributed by atoms with Gasteiger partial charge >= 0.3 is 0 Å². The second kappa shape index (κ2) is 6.37. The second-order valence-corrected chi connectivity index (χ2v) is 7.42. The van der Waals surface area contributed by atoms with Gasteiger partial charge in [0.2, 0.25) is 5.91 Å². The summed E-state index contributed by atoms with van der Waals surface area (Å²) in [6, 6.07) is 6.03. The molecular weight excluding hydrogens is 290 g/mol. The predicted octanol–water partition coefficient (Wildman–Crippen LogP) is 3.58. The molecule has 0 aliphatic rings. The first kappa shape index (κ1) is 15.0. The zero-order valence-corrected chi connectivity index (χ0v) is 13.6. The third-order valence-corrected chi connectivity index (χ3v) is 4.83. The fourth-order valence-electron chi connectivity index (χ4n) is 1.64. The van der Waals surface area contributed by atoms with Crippen molar-refractivity contribution in [2.75, 3.05) is 5.32 Å². The molecule has 1 heterocycles. The Morgan fingerprint density at radius 3 is 2.70 bits per heavy atom. The third-order valence-electron chi connectivity index (χ3n) is 2.81. The number of aryl methyl sites for hydroxylation is 3. The summed E-state index contributed by atoms with van der Waals surface area (Å²) in [5, 5.41) is 11.7. The molecule has 0 radical (unpaired) electrons. The number of amides is 1. The number of nitrogens with one attached hydrogen (secondary N) is 1. The average molecular weight is 307 g/mol. The highest BCUT2D eigenvalue weighted by Crippen LogP contribution is 2.27. The molecule has 106 valence electrons. The van der Waals surface area contributed by atoms with Gasteiger partial charge in [0.1, 0.15) is 5.01 Å². The standard InChI is InChI=1S/C14H17N3OS2/c1-8-5-6-9(2)12(7-8)15-13(18)10(3)19-14-17-16-11(4)20-14/h5-7,10H,1-4H3,(H,15,18)/t10-/m1/s1. The molecule has 6 heteroatoms. The van der Waals surface area contributed by atoms with Gasteiger partial charge in [-0.25, -0.2) is 0 Å². The van der Waals surface area contributed by atoms with Crippen LogP contribution in [0.3, 0.4) is 0 Å². The maximum Gasteiger partial charge on any atom is 0.237 e. The van der Waals surface area contributed by atoms with E-state index in [0.717, 1.165) is 26.2 Å². The first-order valence-electron chi connectivity index (χ1n) is 6.30. The Hall–Kier alpha value is -1.40. The van der Waals surface area contributed by atoms with Crippen LogP contribution in [0.25, 0.3) is 0 Å². The van der Waals surface area contributed by atoms with Crippen molar-refractivity contribution in [3.63, 3.8) is 0 Å². The van der Waals surface area contributed by atoms with Gasteiger partial charge in [0.15, 0.2) is 4.34 Å². The fraction of sp³-hybridized carbons (Fsp3) is 0.357. The maximum atomic E-state index is 12.2. The van der Waals surface area contributed by atoms with Gasteiger partial charge in [-0.05, 0) is 44.9 Å². The molecule has 4 nitrogen and oxygen atoms in total. The summed E-state index contributed by atoms with van der Waals surface area (Å²) in [6.45, 7) is 7.78. The minimum atomic E-state index is -0.206. The molecule has 1 amide bonds. The quantitative estimate of drug-likeness (QED) is 0.877. The maximum absolute atomic E-state index is 12.2. The van der Waals surface area contributed by atoms with Crippen molar-refractivity contribution in [2.45, 2.75) is 37.3 Å². The van der Waals surface area contributed by atoms with Crippen LogP contribution in [-0.2, 0) is 4.79 Å². The lowest BCUT2D eigenvalue weighted by Crippen LogP contribution is -2.22. The summed E-state index contributed by atoms with van der Waals surface area (Å²) in [5.41, 5.74) is 3.06. The van der Waals surface area contributed by atoms with Crippen LogP contribution in [-0.4, -0.2) is 21.4 Å². The largest absolute Gasteiger partial charge is 0.325 e. The lowest BCUT2D eigenvalue weighted by atomic mass is 10.1. The third kappa shape index (κ3) is 3.80. The van der Waals surface area contributed by atoms with E-state index in [4.69, 9.17) is 0 Å². The van der Waals surface area contributed by atoms with E-state index in [0.29, 0.717) is 0 Å². The number of anilines is 1. The zero-order valence-electron chi connectivity index (χ0n) is 11.9. The monoisotopic (exact) mass is 307 g/mol. The lowest BCUT2D eigenvalue weighted by Gasteiger charge is -2.12. The van der Waals surface area contributed by atoms with E-state index in [9.17, 15) is 4.79 Å². The molecule has 0 aliphatic heterocycles. The van der Waals surface area contributed by atoms with Crippen LogP contribution < -0.4 is 5.32 Å². The van der Waals surface area contributed by atoms with Crippen LogP contribution in [0.15, 0.2) is 22.5 Å². The molecule has 1 aromatic heterocycles. The smallest absolute Gasteiger partial charge is 0.237 e. The molecular formula is C14H17N3OS2. The Morgan fingerprint density at radius 1 is 1.30 bits per heavy atom. The minimum Gasteiger partial charge on any atom is -0.325 e. The molecule has 20 heavy (non-hydrogen) atoms. The summed E-state index contributed by atoms with van der Waals surface area (Å²) in [5.74, 6) is -0.0171. The van der Waals surface area contributed by atoms with Crippen LogP contribution in [0.2, 0.25) is 0 Å². The highest BCUT2D eigenvalue weighted by Gasteiger charge is 2.17. The zero-order chi connectivity index (χ0) is 14.7. The molecule has 0 aliphatic carbocycles. The molecule has 0 saturated heterocycles. The summed E-state index contributed by atoms with van der Waals surface area (Å²) >= 11 is 2.94. The predicted molar refractivity (Wildman–Crippen MR) is 84.5 cm³/mol. The number of aromatic nitrogens is 2. The highest BCUT2D eigenvalue weighted by atomic mass is 32.2. The molecule has 1 atom stereocenters. The fourth-order valence-corrected chi connectivity index (χ4v) is 3.60. The van der Waals surface area contributed by atoms with Crippen LogP contribution >= 0.6 is 23.1 Å². The molecule has 0 spiro atoms. The minimum absolute atomic E-state index is 0.0171. The number of carbonyl (C=O) groups is 1. The number of hydrogen-bond acceptors (Lipinski definition) is 5. The first-order chi connectivity index (χ1) is 9.45. The van der Waals surface area contributed by atoms with Gasteiger partial charge in [0.25, 0.3) is 0 Å². The number of hydrogen-bond donors (Lipinski definition) is 1. The van der Waals surface area contributed by atoms with Crippen molar-refractivity contribution >= 4 is 34.7 Å². The Morgan fingerprint density at radius 2 is 2.05 bits per heavy atom. The lowest BCUT2D eigenvalue weighted by molar-refractivity contribution is -0.115. The molecule has 0 unspecified atom stereocenters. The van der Waals surface area contributed by atoms with E-state index >= 15 is 0 Å². The second-order valence-electron chi connectivity index (χ2n) is 4.65. The van der Waals surface area contributed by atoms with Crippen molar-refractivity contribution in [3.8, 4) is 0 Å². The van der Waals surface area contributed by atoms with Gasteiger partial charge in [-0.1, -0.05) is 35.2 Å². The highest BCUT2D eigenvalue weighted by molar-refractivity contribution is 8.02. The number of benzene rings is 1. The molecule has 0 saturated carbocycles. The molecule has 0 bridgehead atoms. The van der Waals surface area contributed by atoms with Crippen LogP contribution in [0, 0.1) is 20.8 Å². The molecule has 0 fully saturated rings. The molecule has 2 rings (SSSR count). The number of carbonyl (C=O) groups excluding carboxylic acids is 1. The van der Waals surface area contributed by atoms with E-state index < -0.39 is 0 Å². The summed E-state index contributed by atoms with van der Waals surface area (Å²) in [7, 11) is 0. The summed E-state index contributed by atoms with van der Waals surface area (Å²) in [4.78, 5) is 12.2. The Kier molecular flexibility index (Phi) is 4.77. The van der Waals surface area contributed by atoms with Gasteiger partial charge in [-0.3, -0.25) is 4.79 Å². The molecule has 1 N–H and O–H groups in total. The summed E-state index contributed by atoms with van der Waals surface area (Å²) in [6.07, 6.45) is 0. The Bertz CT molecular complexity index is 625. The molecule has 2 aromatic rings. The van der Waals surface area contributed by atoms with Gasteiger partial charge in [-0.15, -0.1) is 10.2 Å².